The molecule has 0 spiro atoms. The molecule has 0 aliphatic carbocycles. The van der Waals surface area contributed by atoms with Crippen LogP contribution in [0.4, 0.5) is 0 Å². The summed E-state index contributed by atoms with van der Waals surface area (Å²) in [6.45, 7) is 2.01. The highest BCUT2D eigenvalue weighted by atomic mass is 32.2. The molecule has 5 heteroatoms. The Hall–Kier alpha value is -1.88. The van der Waals surface area contributed by atoms with Crippen molar-refractivity contribution >= 4 is 17.5 Å². The van der Waals surface area contributed by atoms with Crippen LogP contribution in [0.2, 0.25) is 0 Å². The minimum atomic E-state index is 0.652. The molecule has 0 saturated carbocycles. The van der Waals surface area contributed by atoms with Crippen LogP contribution >= 0.6 is 11.8 Å². The molecule has 96 valence electrons. The fraction of sp³-hybridized carbons (Fsp3) is 0.214. The van der Waals surface area contributed by atoms with Crippen molar-refractivity contribution in [1.82, 2.24) is 19.6 Å². The van der Waals surface area contributed by atoms with Gasteiger partial charge in [0.2, 0.25) is 0 Å². The second-order valence-electron chi connectivity index (χ2n) is 4.38. The number of hydrogen-bond acceptors (Lipinski definition) is 4. The molecule has 0 radical (unpaired) electrons. The second kappa shape index (κ2) is 5.01. The molecular formula is C14H14N4S. The van der Waals surface area contributed by atoms with E-state index in [2.05, 4.69) is 45.6 Å². The quantitative estimate of drug-likeness (QED) is 0.686. The van der Waals surface area contributed by atoms with Crippen LogP contribution in [0, 0.1) is 6.92 Å². The zero-order chi connectivity index (χ0) is 13.2. The largest absolute Gasteiger partial charge is 0.252 e. The smallest absolute Gasteiger partial charge is 0.216 e. The van der Waals surface area contributed by atoms with Gasteiger partial charge in [0.15, 0.2) is 0 Å². The molecule has 0 fully saturated rings. The van der Waals surface area contributed by atoms with Crippen LogP contribution in [0.15, 0.2) is 41.7 Å². The number of thioether (sulfide) groups is 1. The van der Waals surface area contributed by atoms with E-state index in [9.17, 15) is 0 Å². The van der Waals surface area contributed by atoms with Gasteiger partial charge in [-0.3, -0.25) is 0 Å². The van der Waals surface area contributed by atoms with Crippen LogP contribution in [0.1, 0.15) is 16.8 Å². The number of fused-ring (bicyclic) bond motifs is 1. The van der Waals surface area contributed by atoms with Crippen LogP contribution in [0.5, 0.6) is 0 Å². The van der Waals surface area contributed by atoms with Crippen molar-refractivity contribution in [3.63, 3.8) is 0 Å². The molecule has 0 amide bonds. The zero-order valence-corrected chi connectivity index (χ0v) is 11.7. The van der Waals surface area contributed by atoms with Gasteiger partial charge in [0.1, 0.15) is 6.33 Å². The Bertz CT molecular complexity index is 703. The van der Waals surface area contributed by atoms with Crippen molar-refractivity contribution in [2.45, 2.75) is 18.2 Å². The second-order valence-corrected chi connectivity index (χ2v) is 5.26. The van der Waals surface area contributed by atoms with Gasteiger partial charge in [-0.05, 0) is 36.4 Å². The number of aryl methyl sites for hydroxylation is 1. The molecule has 0 bridgehead atoms. The number of hydrogen-bond donors (Lipinski definition) is 0. The normalized spacial score (nSPS) is 11.1. The molecule has 4 nitrogen and oxygen atoms in total. The summed E-state index contributed by atoms with van der Waals surface area (Å²) < 4.78 is 1.72. The van der Waals surface area contributed by atoms with Gasteiger partial charge in [-0.2, -0.15) is 10.1 Å². The van der Waals surface area contributed by atoms with Crippen LogP contribution < -0.4 is 0 Å². The summed E-state index contributed by atoms with van der Waals surface area (Å²) in [7, 11) is 0. The monoisotopic (exact) mass is 270 g/mol. The minimum absolute atomic E-state index is 0.652. The first kappa shape index (κ1) is 12.2. The van der Waals surface area contributed by atoms with Gasteiger partial charge < -0.3 is 0 Å². The van der Waals surface area contributed by atoms with Crippen molar-refractivity contribution in [2.24, 2.45) is 0 Å². The minimum Gasteiger partial charge on any atom is -0.216 e. The highest BCUT2D eigenvalue weighted by Crippen LogP contribution is 2.18. The Labute approximate surface area is 115 Å². The first-order chi connectivity index (χ1) is 9.26. The summed E-state index contributed by atoms with van der Waals surface area (Å²) in [4.78, 5) is 9.82. The molecule has 0 N–H and O–H groups in total. The van der Waals surface area contributed by atoms with E-state index in [0.717, 1.165) is 12.1 Å². The molecule has 0 saturated heterocycles. The fourth-order valence-electron chi connectivity index (χ4n) is 2.01. The predicted molar refractivity (Wildman–Crippen MR) is 76.5 cm³/mol. The highest BCUT2D eigenvalue weighted by molar-refractivity contribution is 7.98. The lowest BCUT2D eigenvalue weighted by atomic mass is 10.1. The predicted octanol–water partition coefficient (Wildman–Crippen LogP) is 2.75. The van der Waals surface area contributed by atoms with Gasteiger partial charge in [0.25, 0.3) is 5.78 Å². The van der Waals surface area contributed by atoms with Crippen LogP contribution in [-0.2, 0) is 6.42 Å². The third kappa shape index (κ3) is 2.46. The zero-order valence-electron chi connectivity index (χ0n) is 10.9. The molecule has 3 aromatic rings. The number of benzene rings is 1. The van der Waals surface area contributed by atoms with E-state index in [-0.39, 0.29) is 0 Å². The van der Waals surface area contributed by atoms with E-state index in [1.807, 2.05) is 13.1 Å². The summed E-state index contributed by atoms with van der Waals surface area (Å²) in [5, 5.41) is 4.13. The van der Waals surface area contributed by atoms with Crippen molar-refractivity contribution in [2.75, 3.05) is 6.26 Å². The van der Waals surface area contributed by atoms with Crippen molar-refractivity contribution in [3.05, 3.63) is 53.6 Å². The molecule has 3 rings (SSSR count). The van der Waals surface area contributed by atoms with Gasteiger partial charge in [-0.15, -0.1) is 11.8 Å². The molecule has 2 aromatic heterocycles. The van der Waals surface area contributed by atoms with Crippen LogP contribution in [0.25, 0.3) is 5.78 Å². The first-order valence-corrected chi connectivity index (χ1v) is 7.27. The van der Waals surface area contributed by atoms with Gasteiger partial charge in [0, 0.05) is 23.2 Å². The summed E-state index contributed by atoms with van der Waals surface area (Å²) >= 11 is 1.76. The van der Waals surface area contributed by atoms with E-state index in [1.165, 1.54) is 22.3 Å². The third-order valence-electron chi connectivity index (χ3n) is 3.12. The van der Waals surface area contributed by atoms with Gasteiger partial charge in [0.05, 0.1) is 0 Å². The van der Waals surface area contributed by atoms with E-state index in [0.29, 0.717) is 5.78 Å². The van der Waals surface area contributed by atoms with E-state index in [1.54, 1.807) is 16.3 Å². The topological polar surface area (TPSA) is 43.1 Å². The lowest BCUT2D eigenvalue weighted by molar-refractivity contribution is 0.900. The summed E-state index contributed by atoms with van der Waals surface area (Å²) in [5.41, 5.74) is 3.46. The summed E-state index contributed by atoms with van der Waals surface area (Å²) in [6.07, 6.45) is 6.48. The standard InChI is InChI=1S/C14H14N4S/c1-10-12(8-18-14(17-10)15-9-16-18)7-11-3-5-13(19-2)6-4-11/h3-6,8-9H,7H2,1-2H3. The van der Waals surface area contributed by atoms with Gasteiger partial charge in [-0.1, -0.05) is 12.1 Å². The van der Waals surface area contributed by atoms with Gasteiger partial charge in [-0.25, -0.2) is 9.50 Å². The van der Waals surface area contributed by atoms with E-state index in [4.69, 9.17) is 0 Å². The average Bonchev–Trinajstić information content (AvgIpc) is 2.87. The Morgan fingerprint density at radius 2 is 2.00 bits per heavy atom. The Morgan fingerprint density at radius 1 is 1.21 bits per heavy atom. The molecule has 0 unspecified atom stereocenters. The molecule has 19 heavy (non-hydrogen) atoms. The first-order valence-electron chi connectivity index (χ1n) is 6.05. The van der Waals surface area contributed by atoms with Crippen molar-refractivity contribution in [1.29, 1.82) is 0 Å². The number of nitrogens with zero attached hydrogens (tertiary/aromatic N) is 4. The Balaban J connectivity index is 1.92. The maximum absolute atomic E-state index is 4.45. The Kier molecular flexibility index (Phi) is 3.21. The third-order valence-corrected chi connectivity index (χ3v) is 3.86. The van der Waals surface area contributed by atoms with Crippen LogP contribution in [0.3, 0.4) is 0 Å². The van der Waals surface area contributed by atoms with Crippen molar-refractivity contribution in [3.8, 4) is 0 Å². The van der Waals surface area contributed by atoms with Crippen molar-refractivity contribution < 1.29 is 0 Å². The molecular weight excluding hydrogens is 256 g/mol. The molecule has 0 aliphatic rings. The molecule has 0 aliphatic heterocycles. The maximum Gasteiger partial charge on any atom is 0.252 e. The Morgan fingerprint density at radius 3 is 2.74 bits per heavy atom. The van der Waals surface area contributed by atoms with E-state index < -0.39 is 0 Å². The lowest BCUT2D eigenvalue weighted by Gasteiger charge is -2.06. The highest BCUT2D eigenvalue weighted by Gasteiger charge is 2.05. The maximum atomic E-state index is 4.45. The molecule has 0 atom stereocenters. The molecule has 2 heterocycles. The lowest BCUT2D eigenvalue weighted by Crippen LogP contribution is -2.00. The summed E-state index contributed by atoms with van der Waals surface area (Å²) in [6, 6.07) is 8.63. The number of aromatic nitrogens is 4. The fourth-order valence-corrected chi connectivity index (χ4v) is 2.42. The SMILES string of the molecule is CSc1ccc(Cc2cn3ncnc3nc2C)cc1. The summed E-state index contributed by atoms with van der Waals surface area (Å²) in [5.74, 6) is 0.652. The number of rotatable bonds is 3. The van der Waals surface area contributed by atoms with E-state index >= 15 is 0 Å². The molecule has 1 aromatic carbocycles. The van der Waals surface area contributed by atoms with Gasteiger partial charge >= 0.3 is 0 Å². The van der Waals surface area contributed by atoms with Crippen LogP contribution in [-0.4, -0.2) is 25.8 Å². The average molecular weight is 270 g/mol.